The van der Waals surface area contributed by atoms with Gasteiger partial charge in [-0.25, -0.2) is 0 Å². The summed E-state index contributed by atoms with van der Waals surface area (Å²) in [5, 5.41) is 9.80. The Hall–Kier alpha value is -1.47. The standard InChI is InChI=1S/C17H25F2N3O2/c1-12-4-5-15(22(12)17(18)19)16(24)20-9-6-13(7-10-20)21-8-2-3-14(23)11-21/h4-5,13-14,17,23H,2-3,6-11H2,1H3. The van der Waals surface area contributed by atoms with Crippen LogP contribution in [0.1, 0.15) is 48.4 Å². The fourth-order valence-corrected chi connectivity index (χ4v) is 3.89. The third-order valence-corrected chi connectivity index (χ3v) is 5.23. The predicted octanol–water partition coefficient (Wildman–Crippen LogP) is 2.25. The van der Waals surface area contributed by atoms with E-state index in [0.717, 1.165) is 36.8 Å². The first-order chi connectivity index (χ1) is 11.5. The number of hydrogen-bond donors (Lipinski definition) is 1. The Balaban J connectivity index is 1.61. The maximum absolute atomic E-state index is 13.2. The molecule has 0 radical (unpaired) electrons. The van der Waals surface area contributed by atoms with Crippen LogP contribution in [0.3, 0.4) is 0 Å². The van der Waals surface area contributed by atoms with E-state index < -0.39 is 6.55 Å². The number of amides is 1. The third-order valence-electron chi connectivity index (χ3n) is 5.23. The molecule has 5 nitrogen and oxygen atoms in total. The quantitative estimate of drug-likeness (QED) is 0.917. The highest BCUT2D eigenvalue weighted by Crippen LogP contribution is 2.24. The van der Waals surface area contributed by atoms with Crippen molar-refractivity contribution in [1.29, 1.82) is 0 Å². The number of hydrogen-bond acceptors (Lipinski definition) is 3. The Morgan fingerprint density at radius 2 is 1.92 bits per heavy atom. The van der Waals surface area contributed by atoms with Crippen LogP contribution < -0.4 is 0 Å². The van der Waals surface area contributed by atoms with Gasteiger partial charge in [-0.15, -0.1) is 0 Å². The molecule has 2 aliphatic rings. The van der Waals surface area contributed by atoms with Gasteiger partial charge in [-0.1, -0.05) is 0 Å². The van der Waals surface area contributed by atoms with Gasteiger partial charge in [-0.05, 0) is 51.3 Å². The van der Waals surface area contributed by atoms with E-state index in [-0.39, 0.29) is 17.7 Å². The van der Waals surface area contributed by atoms with Crippen molar-refractivity contribution in [3.05, 3.63) is 23.5 Å². The zero-order valence-corrected chi connectivity index (χ0v) is 14.0. The van der Waals surface area contributed by atoms with Gasteiger partial charge in [0.05, 0.1) is 6.10 Å². The summed E-state index contributed by atoms with van der Waals surface area (Å²) in [7, 11) is 0. The van der Waals surface area contributed by atoms with E-state index in [1.807, 2.05) is 0 Å². The lowest BCUT2D eigenvalue weighted by Gasteiger charge is -2.41. The van der Waals surface area contributed by atoms with Gasteiger partial charge in [-0.2, -0.15) is 8.78 Å². The second kappa shape index (κ2) is 7.19. The minimum atomic E-state index is -2.70. The largest absolute Gasteiger partial charge is 0.392 e. The molecule has 134 valence electrons. The first kappa shape index (κ1) is 17.4. The Labute approximate surface area is 140 Å². The van der Waals surface area contributed by atoms with E-state index in [1.165, 1.54) is 6.07 Å². The average molecular weight is 341 g/mol. The summed E-state index contributed by atoms with van der Waals surface area (Å²) >= 11 is 0. The molecule has 0 aliphatic carbocycles. The normalized spacial score (nSPS) is 23.9. The number of aryl methyl sites for hydroxylation is 1. The summed E-state index contributed by atoms with van der Waals surface area (Å²) in [4.78, 5) is 16.6. The Bertz CT molecular complexity index is 582. The number of aliphatic hydroxyl groups excluding tert-OH is 1. The van der Waals surface area contributed by atoms with Crippen molar-refractivity contribution in [1.82, 2.24) is 14.4 Å². The predicted molar refractivity (Wildman–Crippen MR) is 86.2 cm³/mol. The number of aromatic nitrogens is 1. The van der Waals surface area contributed by atoms with Crippen LogP contribution in [-0.2, 0) is 0 Å². The van der Waals surface area contributed by atoms with Gasteiger partial charge in [0.25, 0.3) is 5.91 Å². The fraction of sp³-hybridized carbons (Fsp3) is 0.706. The number of aliphatic hydroxyl groups is 1. The highest BCUT2D eigenvalue weighted by molar-refractivity contribution is 5.93. The van der Waals surface area contributed by atoms with E-state index in [2.05, 4.69) is 4.90 Å². The van der Waals surface area contributed by atoms with E-state index >= 15 is 0 Å². The molecular weight excluding hydrogens is 316 g/mol. The molecule has 1 aromatic rings. The van der Waals surface area contributed by atoms with Crippen molar-refractivity contribution in [3.8, 4) is 0 Å². The molecule has 3 heterocycles. The Kier molecular flexibility index (Phi) is 5.20. The number of β-amino-alcohol motifs (C(OH)–C–C–N with tert-alkyl or cyclic N) is 1. The number of nitrogens with zero attached hydrogens (tertiary/aromatic N) is 3. The van der Waals surface area contributed by atoms with Gasteiger partial charge < -0.3 is 10.0 Å². The van der Waals surface area contributed by atoms with Crippen LogP contribution in [0.15, 0.2) is 12.1 Å². The molecular formula is C17H25F2N3O2. The van der Waals surface area contributed by atoms with E-state index in [1.54, 1.807) is 17.9 Å². The molecule has 1 amide bonds. The first-order valence-corrected chi connectivity index (χ1v) is 8.64. The minimum absolute atomic E-state index is 0.0642. The zero-order valence-electron chi connectivity index (χ0n) is 14.0. The number of halogens is 2. The molecule has 1 N–H and O–H groups in total. The van der Waals surface area contributed by atoms with Crippen LogP contribution in [0.5, 0.6) is 0 Å². The van der Waals surface area contributed by atoms with Gasteiger partial charge in [0.15, 0.2) is 0 Å². The molecule has 0 spiro atoms. The Morgan fingerprint density at radius 3 is 2.54 bits per heavy atom. The van der Waals surface area contributed by atoms with Crippen molar-refractivity contribution in [2.24, 2.45) is 0 Å². The molecule has 1 aromatic heterocycles. The average Bonchev–Trinajstić information content (AvgIpc) is 2.96. The van der Waals surface area contributed by atoms with Crippen LogP contribution >= 0.6 is 0 Å². The highest BCUT2D eigenvalue weighted by Gasteiger charge is 2.31. The molecule has 0 saturated carbocycles. The topological polar surface area (TPSA) is 48.7 Å². The van der Waals surface area contributed by atoms with Crippen LogP contribution in [-0.4, -0.2) is 63.7 Å². The van der Waals surface area contributed by atoms with E-state index in [9.17, 15) is 18.7 Å². The smallest absolute Gasteiger partial charge is 0.319 e. The lowest BCUT2D eigenvalue weighted by molar-refractivity contribution is 0.0226. The van der Waals surface area contributed by atoms with Gasteiger partial charge in [0.1, 0.15) is 5.69 Å². The summed E-state index contributed by atoms with van der Waals surface area (Å²) in [5.41, 5.74) is 0.458. The lowest BCUT2D eigenvalue weighted by Crippen LogP contribution is -2.50. The van der Waals surface area contributed by atoms with Crippen LogP contribution in [0.4, 0.5) is 8.78 Å². The summed E-state index contributed by atoms with van der Waals surface area (Å²) in [6.45, 7) is 1.71. The maximum atomic E-state index is 13.2. The molecule has 1 atom stereocenters. The van der Waals surface area contributed by atoms with Crippen molar-refractivity contribution < 1.29 is 18.7 Å². The summed E-state index contributed by atoms with van der Waals surface area (Å²) in [5.74, 6) is -0.319. The fourth-order valence-electron chi connectivity index (χ4n) is 3.89. The van der Waals surface area contributed by atoms with Crippen molar-refractivity contribution in [2.75, 3.05) is 26.2 Å². The number of alkyl halides is 2. The number of piperidine rings is 2. The van der Waals surface area contributed by atoms with Crippen molar-refractivity contribution >= 4 is 5.91 Å². The molecule has 0 bridgehead atoms. The molecule has 7 heteroatoms. The summed E-state index contributed by atoms with van der Waals surface area (Å²) in [6.07, 6.45) is 3.26. The van der Waals surface area contributed by atoms with Crippen molar-refractivity contribution in [2.45, 2.75) is 51.3 Å². The number of carbonyl (C=O) groups is 1. The second-order valence-electron chi connectivity index (χ2n) is 6.82. The lowest BCUT2D eigenvalue weighted by atomic mass is 9.99. The summed E-state index contributed by atoms with van der Waals surface area (Å²) in [6, 6.07) is 3.41. The van der Waals surface area contributed by atoms with Crippen LogP contribution in [0.2, 0.25) is 0 Å². The molecule has 2 fully saturated rings. The monoisotopic (exact) mass is 341 g/mol. The highest BCUT2D eigenvalue weighted by atomic mass is 19.3. The number of carbonyl (C=O) groups excluding carboxylic acids is 1. The van der Waals surface area contributed by atoms with Crippen LogP contribution in [0, 0.1) is 6.92 Å². The molecule has 1 unspecified atom stereocenters. The van der Waals surface area contributed by atoms with E-state index in [4.69, 9.17) is 0 Å². The zero-order chi connectivity index (χ0) is 17.3. The maximum Gasteiger partial charge on any atom is 0.319 e. The second-order valence-corrected chi connectivity index (χ2v) is 6.82. The molecule has 0 aromatic carbocycles. The van der Waals surface area contributed by atoms with Gasteiger partial charge >= 0.3 is 6.55 Å². The van der Waals surface area contributed by atoms with Gasteiger partial charge in [-0.3, -0.25) is 14.3 Å². The molecule has 2 saturated heterocycles. The minimum Gasteiger partial charge on any atom is -0.392 e. The molecule has 2 aliphatic heterocycles. The van der Waals surface area contributed by atoms with Crippen molar-refractivity contribution in [3.63, 3.8) is 0 Å². The Morgan fingerprint density at radius 1 is 1.21 bits per heavy atom. The molecule has 3 rings (SSSR count). The molecule has 24 heavy (non-hydrogen) atoms. The van der Waals surface area contributed by atoms with Gasteiger partial charge in [0.2, 0.25) is 0 Å². The van der Waals surface area contributed by atoms with Gasteiger partial charge in [0, 0.05) is 31.4 Å². The summed E-state index contributed by atoms with van der Waals surface area (Å²) < 4.78 is 27.1. The first-order valence-electron chi connectivity index (χ1n) is 8.64. The SMILES string of the molecule is Cc1ccc(C(=O)N2CCC(N3CCCC(O)C3)CC2)n1C(F)F. The number of likely N-dealkylation sites (tertiary alicyclic amines) is 2. The van der Waals surface area contributed by atoms with E-state index in [0.29, 0.717) is 31.4 Å². The number of rotatable bonds is 3. The van der Waals surface area contributed by atoms with Crippen LogP contribution in [0.25, 0.3) is 0 Å². The third kappa shape index (κ3) is 3.47.